The second-order valence-corrected chi connectivity index (χ2v) is 9.47. The molecule has 0 heterocycles. The van der Waals surface area contributed by atoms with E-state index in [4.69, 9.17) is 0 Å². The van der Waals surface area contributed by atoms with Crippen molar-refractivity contribution in [3.05, 3.63) is 0 Å². The molecular formula is C16H30F4K2O6S2. The summed E-state index contributed by atoms with van der Waals surface area (Å²) in [6.07, 6.45) is 0.880. The molecule has 0 rings (SSSR count). The molecule has 0 amide bonds. The Morgan fingerprint density at radius 3 is 0.967 bits per heavy atom. The average Bonchev–Trinajstić information content (AvgIpc) is 2.51. The molecule has 0 unspecified atom stereocenters. The molecule has 6 nitrogen and oxygen atoms in total. The van der Waals surface area contributed by atoms with Gasteiger partial charge in [0.2, 0.25) is 12.9 Å². The third kappa shape index (κ3) is 44.5. The van der Waals surface area contributed by atoms with Crippen molar-refractivity contribution in [2.24, 2.45) is 0 Å². The fraction of sp³-hybridized carbons (Fsp3) is 1.00. The van der Waals surface area contributed by atoms with E-state index >= 15 is 0 Å². The van der Waals surface area contributed by atoms with E-state index < -0.39 is 33.1 Å². The Balaban J connectivity index is -0.000000211. The molecule has 0 atom stereocenters. The third-order valence-electron chi connectivity index (χ3n) is 3.63. The summed E-state index contributed by atoms with van der Waals surface area (Å²) in [5, 5.41) is 0. The zero-order valence-corrected chi connectivity index (χ0v) is 25.7. The van der Waals surface area contributed by atoms with E-state index in [1.54, 1.807) is 0 Å². The minimum absolute atomic E-state index is 0. The van der Waals surface area contributed by atoms with E-state index in [0.29, 0.717) is 64.2 Å². The Kier molecular flexibility index (Phi) is 33.2. The van der Waals surface area contributed by atoms with Gasteiger partial charge in [-0.25, -0.2) is 34.4 Å². The molecule has 0 saturated heterocycles. The van der Waals surface area contributed by atoms with Gasteiger partial charge in [-0.3, -0.25) is 0 Å². The van der Waals surface area contributed by atoms with Crippen LogP contribution in [0.3, 0.4) is 0 Å². The van der Waals surface area contributed by atoms with E-state index in [-0.39, 0.29) is 127 Å². The Bertz CT molecular complexity index is 514. The number of halogens is 4. The second kappa shape index (κ2) is 24.9. The van der Waals surface area contributed by atoms with Crippen LogP contribution in [0.2, 0.25) is 0 Å². The van der Waals surface area contributed by atoms with Gasteiger partial charge in [-0.05, 0) is 25.7 Å². The molecule has 0 aromatic carbocycles. The van der Waals surface area contributed by atoms with Crippen molar-refractivity contribution in [1.29, 1.82) is 0 Å². The van der Waals surface area contributed by atoms with E-state index in [0.717, 1.165) is 0 Å². The molecule has 0 bridgehead atoms. The average molecular weight is 537 g/mol. The summed E-state index contributed by atoms with van der Waals surface area (Å²) in [6.45, 7) is 0. The van der Waals surface area contributed by atoms with Gasteiger partial charge in [0, 0.05) is 24.3 Å². The molecule has 0 aromatic heterocycles. The summed E-state index contributed by atoms with van der Waals surface area (Å²) in [5.74, 6) is -0.691. The quantitative estimate of drug-likeness (QED) is 0.100. The molecular weight excluding hydrogens is 506 g/mol. The smallest absolute Gasteiger partial charge is 0.748 e. The molecule has 0 aromatic rings. The number of hydrogen-bond acceptors (Lipinski definition) is 6. The molecule has 0 radical (unpaired) electrons. The summed E-state index contributed by atoms with van der Waals surface area (Å²) < 4.78 is 108. The summed E-state index contributed by atoms with van der Waals surface area (Å²) in [6, 6.07) is 0. The van der Waals surface area contributed by atoms with Gasteiger partial charge in [0.05, 0.1) is 20.2 Å². The Morgan fingerprint density at radius 1 is 0.500 bits per heavy atom. The SMILES string of the molecule is O=S(=O)([O-])CCCCCCCC(F)F.O=S(=O)([O-])CCCCCCCC(F)F.[K+].[K+]. The molecule has 0 aliphatic heterocycles. The molecule has 30 heavy (non-hydrogen) atoms. The first-order valence-electron chi connectivity index (χ1n) is 9.27. The zero-order valence-electron chi connectivity index (χ0n) is 17.8. The van der Waals surface area contributed by atoms with Crippen LogP contribution in [-0.4, -0.2) is 50.3 Å². The van der Waals surface area contributed by atoms with Crippen molar-refractivity contribution in [3.8, 4) is 0 Å². The molecule has 0 aliphatic rings. The maximum atomic E-state index is 11.6. The first-order valence-corrected chi connectivity index (χ1v) is 12.4. The van der Waals surface area contributed by atoms with Crippen LogP contribution in [-0.2, 0) is 20.2 Å². The molecule has 0 spiro atoms. The van der Waals surface area contributed by atoms with E-state index in [1.165, 1.54) is 0 Å². The predicted molar refractivity (Wildman–Crippen MR) is 96.5 cm³/mol. The van der Waals surface area contributed by atoms with Crippen LogP contribution in [0.1, 0.15) is 77.0 Å². The van der Waals surface area contributed by atoms with Crippen molar-refractivity contribution in [3.63, 3.8) is 0 Å². The van der Waals surface area contributed by atoms with Crippen molar-refractivity contribution in [2.45, 2.75) is 89.9 Å². The summed E-state index contributed by atoms with van der Waals surface area (Å²) in [4.78, 5) is 0. The Labute approximate surface area is 263 Å². The van der Waals surface area contributed by atoms with Gasteiger partial charge < -0.3 is 9.11 Å². The topological polar surface area (TPSA) is 114 Å². The molecule has 172 valence electrons. The Hall–Kier alpha value is 2.81. The van der Waals surface area contributed by atoms with Crippen LogP contribution < -0.4 is 103 Å². The van der Waals surface area contributed by atoms with Crippen LogP contribution in [0.5, 0.6) is 0 Å². The number of hydrogen-bond donors (Lipinski definition) is 0. The van der Waals surface area contributed by atoms with Gasteiger partial charge in [0.15, 0.2) is 0 Å². The normalized spacial score (nSPS) is 11.5. The first kappa shape index (κ1) is 40.0. The van der Waals surface area contributed by atoms with E-state index in [1.807, 2.05) is 0 Å². The minimum Gasteiger partial charge on any atom is -0.748 e. The van der Waals surface area contributed by atoms with Gasteiger partial charge >= 0.3 is 103 Å². The Morgan fingerprint density at radius 2 is 0.733 bits per heavy atom. The fourth-order valence-electron chi connectivity index (χ4n) is 2.22. The van der Waals surface area contributed by atoms with E-state index in [9.17, 15) is 43.5 Å². The minimum atomic E-state index is -4.10. The second-order valence-electron chi connectivity index (χ2n) is 6.42. The maximum absolute atomic E-state index is 11.6. The third-order valence-corrected chi connectivity index (χ3v) is 5.21. The van der Waals surface area contributed by atoms with Gasteiger partial charge in [0.25, 0.3) is 0 Å². The molecule has 0 N–H and O–H groups in total. The largest absolute Gasteiger partial charge is 1.00 e. The van der Waals surface area contributed by atoms with Crippen molar-refractivity contribution >= 4 is 20.2 Å². The molecule has 0 fully saturated rings. The predicted octanol–water partition coefficient (Wildman–Crippen LogP) is -1.72. The van der Waals surface area contributed by atoms with Gasteiger partial charge in [-0.2, -0.15) is 0 Å². The molecule has 0 aliphatic carbocycles. The molecule has 0 saturated carbocycles. The first-order chi connectivity index (χ1) is 12.8. The van der Waals surface area contributed by atoms with Gasteiger partial charge in [0.1, 0.15) is 0 Å². The van der Waals surface area contributed by atoms with Gasteiger partial charge in [-0.15, -0.1) is 0 Å². The summed E-state index contributed by atoms with van der Waals surface area (Å²) in [7, 11) is -8.20. The van der Waals surface area contributed by atoms with Crippen LogP contribution in [0.4, 0.5) is 17.6 Å². The van der Waals surface area contributed by atoms with Crippen LogP contribution in [0.15, 0.2) is 0 Å². The number of alkyl halides is 4. The maximum Gasteiger partial charge on any atom is 1.00 e. The fourth-order valence-corrected chi connectivity index (χ4v) is 3.33. The summed E-state index contributed by atoms with van der Waals surface area (Å²) >= 11 is 0. The van der Waals surface area contributed by atoms with Crippen molar-refractivity contribution in [2.75, 3.05) is 11.5 Å². The van der Waals surface area contributed by atoms with Gasteiger partial charge in [-0.1, -0.05) is 38.5 Å². The van der Waals surface area contributed by atoms with E-state index in [2.05, 4.69) is 0 Å². The summed E-state index contributed by atoms with van der Waals surface area (Å²) in [5.41, 5.74) is 0. The number of unbranched alkanes of at least 4 members (excludes halogenated alkanes) is 8. The number of rotatable bonds is 16. The van der Waals surface area contributed by atoms with Crippen LogP contribution in [0.25, 0.3) is 0 Å². The standard InChI is InChI=1S/2C8H16F2O3S.2K/c2*9-8(10)6-4-2-1-3-5-7-14(11,12)13;;/h2*8H,1-7H2,(H,11,12,13);;/q;;2*+1/p-2. The van der Waals surface area contributed by atoms with Crippen molar-refractivity contribution < 1.29 is 146 Å². The molecule has 14 heteroatoms. The van der Waals surface area contributed by atoms with Crippen molar-refractivity contribution in [1.82, 2.24) is 0 Å². The monoisotopic (exact) mass is 536 g/mol. The van der Waals surface area contributed by atoms with Crippen LogP contribution in [0, 0.1) is 0 Å². The zero-order chi connectivity index (χ0) is 22.1. The van der Waals surface area contributed by atoms with Crippen LogP contribution >= 0.6 is 0 Å².